The fourth-order valence-corrected chi connectivity index (χ4v) is 1.51. The first kappa shape index (κ1) is 11.4. The Hall–Kier alpha value is -0.640. The van der Waals surface area contributed by atoms with E-state index in [1.807, 2.05) is 6.92 Å². The third-order valence-electron chi connectivity index (χ3n) is 1.51. The van der Waals surface area contributed by atoms with Gasteiger partial charge in [0.15, 0.2) is 12.5 Å². The highest BCUT2D eigenvalue weighted by atomic mass is 35.5. The smallest absolute Gasteiger partial charge is 0.189 e. The molecule has 78 valence electrons. The van der Waals surface area contributed by atoms with E-state index in [-0.39, 0.29) is 6.79 Å². The van der Waals surface area contributed by atoms with Crippen LogP contribution in [0.2, 0.25) is 10.0 Å². The van der Waals surface area contributed by atoms with Crippen LogP contribution in [0, 0.1) is 0 Å². The van der Waals surface area contributed by atoms with Gasteiger partial charge in [-0.15, -0.1) is 0 Å². The molecule has 1 aromatic rings. The summed E-state index contributed by atoms with van der Waals surface area (Å²) in [6, 6.07) is 3.16. The maximum Gasteiger partial charge on any atom is 0.189 e. The molecule has 14 heavy (non-hydrogen) atoms. The molecule has 0 aliphatic rings. The van der Waals surface area contributed by atoms with E-state index in [9.17, 15) is 0 Å². The van der Waals surface area contributed by atoms with Crippen molar-refractivity contribution in [2.75, 3.05) is 19.1 Å². The van der Waals surface area contributed by atoms with E-state index >= 15 is 0 Å². The molecule has 0 fully saturated rings. The molecule has 0 saturated heterocycles. The van der Waals surface area contributed by atoms with Gasteiger partial charge in [0.25, 0.3) is 0 Å². The van der Waals surface area contributed by atoms with Crippen molar-refractivity contribution >= 4 is 28.9 Å². The molecule has 5 heteroatoms. The normalized spacial score (nSPS) is 10.2. The van der Waals surface area contributed by atoms with Crippen LogP contribution in [-0.2, 0) is 4.74 Å². The van der Waals surface area contributed by atoms with Gasteiger partial charge < -0.3 is 15.2 Å². The van der Waals surface area contributed by atoms with Gasteiger partial charge in [-0.3, -0.25) is 0 Å². The van der Waals surface area contributed by atoms with Crippen molar-refractivity contribution in [2.45, 2.75) is 6.92 Å². The zero-order valence-electron chi connectivity index (χ0n) is 7.72. The van der Waals surface area contributed by atoms with Crippen molar-refractivity contribution in [2.24, 2.45) is 0 Å². The van der Waals surface area contributed by atoms with Crippen molar-refractivity contribution < 1.29 is 9.47 Å². The zero-order valence-corrected chi connectivity index (χ0v) is 9.23. The van der Waals surface area contributed by atoms with Crippen LogP contribution < -0.4 is 10.5 Å². The van der Waals surface area contributed by atoms with E-state index in [0.29, 0.717) is 28.1 Å². The Kier molecular flexibility index (Phi) is 4.32. The lowest BCUT2D eigenvalue weighted by atomic mass is 10.3. The summed E-state index contributed by atoms with van der Waals surface area (Å²) in [6.07, 6.45) is 0. The third-order valence-corrected chi connectivity index (χ3v) is 2.07. The second-order valence-electron chi connectivity index (χ2n) is 2.57. The van der Waals surface area contributed by atoms with E-state index < -0.39 is 0 Å². The summed E-state index contributed by atoms with van der Waals surface area (Å²) in [5, 5.41) is 0.768. The molecule has 0 amide bonds. The minimum atomic E-state index is 0.125. The van der Waals surface area contributed by atoms with Crippen LogP contribution in [-0.4, -0.2) is 13.4 Å². The maximum absolute atomic E-state index is 5.87. The van der Waals surface area contributed by atoms with Crippen molar-refractivity contribution in [3.8, 4) is 5.75 Å². The number of ether oxygens (including phenoxy) is 2. The number of hydrogen-bond acceptors (Lipinski definition) is 3. The number of benzene rings is 1. The first-order valence-corrected chi connectivity index (χ1v) is 4.85. The average Bonchev–Trinajstić information content (AvgIpc) is 2.09. The first-order chi connectivity index (χ1) is 6.65. The fourth-order valence-electron chi connectivity index (χ4n) is 0.901. The molecule has 0 atom stereocenters. The molecule has 3 nitrogen and oxygen atoms in total. The highest BCUT2D eigenvalue weighted by Crippen LogP contribution is 2.34. The Labute approximate surface area is 92.7 Å². The molecule has 0 saturated carbocycles. The number of anilines is 1. The molecule has 0 aliphatic carbocycles. The Morgan fingerprint density at radius 2 is 1.86 bits per heavy atom. The highest BCUT2D eigenvalue weighted by molar-refractivity contribution is 6.37. The number of hydrogen-bond donors (Lipinski definition) is 1. The Balaban J connectivity index is 2.75. The van der Waals surface area contributed by atoms with Crippen molar-refractivity contribution in [1.82, 2.24) is 0 Å². The molecule has 1 rings (SSSR count). The summed E-state index contributed by atoms with van der Waals surface area (Å²) >= 11 is 11.7. The van der Waals surface area contributed by atoms with E-state index in [4.69, 9.17) is 38.4 Å². The second kappa shape index (κ2) is 5.29. The van der Waals surface area contributed by atoms with Gasteiger partial charge in [-0.05, 0) is 19.1 Å². The lowest BCUT2D eigenvalue weighted by Crippen LogP contribution is -2.03. The molecule has 1 aromatic carbocycles. The molecule has 0 radical (unpaired) electrons. The maximum atomic E-state index is 5.87. The lowest BCUT2D eigenvalue weighted by molar-refractivity contribution is 0.0225. The van der Waals surface area contributed by atoms with Crippen molar-refractivity contribution in [3.63, 3.8) is 0 Å². The summed E-state index contributed by atoms with van der Waals surface area (Å²) in [5.41, 5.74) is 6.03. The minimum Gasteiger partial charge on any atom is -0.464 e. The van der Waals surface area contributed by atoms with Crippen molar-refractivity contribution in [3.05, 3.63) is 22.2 Å². The van der Waals surface area contributed by atoms with E-state index in [1.54, 1.807) is 12.1 Å². The molecule has 0 aromatic heterocycles. The fraction of sp³-hybridized carbons (Fsp3) is 0.333. The van der Waals surface area contributed by atoms with Crippen LogP contribution in [0.4, 0.5) is 5.69 Å². The third kappa shape index (κ3) is 2.94. The Bertz CT molecular complexity index is 295. The van der Waals surface area contributed by atoms with Gasteiger partial charge in [-0.2, -0.15) is 0 Å². The van der Waals surface area contributed by atoms with E-state index in [1.165, 1.54) is 0 Å². The van der Waals surface area contributed by atoms with Gasteiger partial charge >= 0.3 is 0 Å². The highest BCUT2D eigenvalue weighted by Gasteiger charge is 2.08. The predicted molar refractivity (Wildman–Crippen MR) is 58.0 cm³/mol. The van der Waals surface area contributed by atoms with Gasteiger partial charge in [0.2, 0.25) is 0 Å². The van der Waals surface area contributed by atoms with Gasteiger partial charge in [-0.1, -0.05) is 23.2 Å². The standard InChI is InChI=1S/C9H11Cl2NO2/c1-2-13-5-14-9-7(10)3-6(12)4-8(9)11/h3-4H,2,5,12H2,1H3. The summed E-state index contributed by atoms with van der Waals surface area (Å²) in [6.45, 7) is 2.57. The van der Waals surface area contributed by atoms with Gasteiger partial charge in [0, 0.05) is 12.3 Å². The number of halogens is 2. The molecule has 0 heterocycles. The van der Waals surface area contributed by atoms with E-state index in [0.717, 1.165) is 0 Å². The monoisotopic (exact) mass is 235 g/mol. The van der Waals surface area contributed by atoms with Gasteiger partial charge in [0.1, 0.15) is 0 Å². The topological polar surface area (TPSA) is 44.5 Å². The second-order valence-corrected chi connectivity index (χ2v) is 3.38. The molecular formula is C9H11Cl2NO2. The SMILES string of the molecule is CCOCOc1c(Cl)cc(N)cc1Cl. The molecule has 0 aliphatic heterocycles. The summed E-state index contributed by atoms with van der Waals surface area (Å²) < 4.78 is 10.2. The van der Waals surface area contributed by atoms with Crippen LogP contribution in [0.5, 0.6) is 5.75 Å². The number of rotatable bonds is 4. The number of nitrogen functional groups attached to an aromatic ring is 1. The molecule has 0 bridgehead atoms. The van der Waals surface area contributed by atoms with Crippen LogP contribution >= 0.6 is 23.2 Å². The van der Waals surface area contributed by atoms with Gasteiger partial charge in [0.05, 0.1) is 10.0 Å². The van der Waals surface area contributed by atoms with Crippen molar-refractivity contribution in [1.29, 1.82) is 0 Å². The van der Waals surface area contributed by atoms with Crippen LogP contribution in [0.15, 0.2) is 12.1 Å². The summed E-state index contributed by atoms with van der Waals surface area (Å²) in [7, 11) is 0. The zero-order chi connectivity index (χ0) is 10.6. The Morgan fingerprint density at radius 3 is 2.36 bits per heavy atom. The van der Waals surface area contributed by atoms with Crippen LogP contribution in [0.25, 0.3) is 0 Å². The largest absolute Gasteiger partial charge is 0.464 e. The average molecular weight is 236 g/mol. The van der Waals surface area contributed by atoms with Crippen LogP contribution in [0.1, 0.15) is 6.92 Å². The quantitative estimate of drug-likeness (QED) is 0.496. The molecule has 2 N–H and O–H groups in total. The molecule has 0 unspecified atom stereocenters. The predicted octanol–water partition coefficient (Wildman–Crippen LogP) is 2.95. The first-order valence-electron chi connectivity index (χ1n) is 4.10. The van der Waals surface area contributed by atoms with Gasteiger partial charge in [-0.25, -0.2) is 0 Å². The Morgan fingerprint density at radius 1 is 1.29 bits per heavy atom. The summed E-state index contributed by atoms with van der Waals surface area (Å²) in [5.74, 6) is 0.399. The molecule has 0 spiro atoms. The lowest BCUT2D eigenvalue weighted by Gasteiger charge is -2.09. The van der Waals surface area contributed by atoms with Crippen LogP contribution in [0.3, 0.4) is 0 Å². The molecular weight excluding hydrogens is 225 g/mol. The minimum absolute atomic E-state index is 0.125. The summed E-state index contributed by atoms with van der Waals surface area (Å²) in [4.78, 5) is 0. The van der Waals surface area contributed by atoms with E-state index in [2.05, 4.69) is 0 Å². The number of nitrogens with two attached hydrogens (primary N) is 1.